The van der Waals surface area contributed by atoms with Crippen molar-refractivity contribution in [2.45, 2.75) is 115 Å². The van der Waals surface area contributed by atoms with Crippen molar-refractivity contribution < 1.29 is 9.59 Å². The van der Waals surface area contributed by atoms with Crippen molar-refractivity contribution in [1.29, 1.82) is 0 Å². The summed E-state index contributed by atoms with van der Waals surface area (Å²) in [6, 6.07) is 9.28. The molecule has 0 aromatic heterocycles. The van der Waals surface area contributed by atoms with Crippen LogP contribution in [0.1, 0.15) is 115 Å². The first kappa shape index (κ1) is 26.0. The lowest BCUT2D eigenvalue weighted by Crippen LogP contribution is -2.21. The van der Waals surface area contributed by atoms with E-state index in [0.29, 0.717) is 6.42 Å². The van der Waals surface area contributed by atoms with Crippen LogP contribution in [0.15, 0.2) is 40.3 Å². The van der Waals surface area contributed by atoms with E-state index in [4.69, 9.17) is 0 Å². The van der Waals surface area contributed by atoms with Crippen molar-refractivity contribution >= 4 is 12.2 Å². The Bertz CT molecular complexity index is 614. The summed E-state index contributed by atoms with van der Waals surface area (Å²) in [5.74, 6) is 0. The van der Waals surface area contributed by atoms with Crippen LogP contribution in [0.5, 0.6) is 0 Å². The molecular formula is C26H40N2O2. The van der Waals surface area contributed by atoms with Crippen molar-refractivity contribution in [3.63, 3.8) is 0 Å². The van der Waals surface area contributed by atoms with Crippen molar-refractivity contribution in [3.05, 3.63) is 35.9 Å². The molecule has 0 amide bonds. The summed E-state index contributed by atoms with van der Waals surface area (Å²) in [6.45, 7) is 2.27. The zero-order chi connectivity index (χ0) is 21.8. The zero-order valence-electron chi connectivity index (χ0n) is 18.9. The standard InChI is InChI=1S/C26H40N2O2/c1-2-3-4-5-6-7-8-9-10-11-12-13-14-15-19-22-26(27-23-29,28-24-30)25-20-17-16-18-21-25/h16-18,20-21H,2-15,19,22H2,1H3. The molecule has 166 valence electrons. The van der Waals surface area contributed by atoms with Gasteiger partial charge in [0.2, 0.25) is 12.2 Å². The molecule has 0 aliphatic carbocycles. The molecule has 0 aliphatic heterocycles. The van der Waals surface area contributed by atoms with Crippen LogP contribution < -0.4 is 0 Å². The van der Waals surface area contributed by atoms with Crippen LogP contribution in [0.4, 0.5) is 0 Å². The average Bonchev–Trinajstić information content (AvgIpc) is 2.77. The van der Waals surface area contributed by atoms with Gasteiger partial charge in [0.05, 0.1) is 0 Å². The molecule has 0 saturated carbocycles. The minimum Gasteiger partial charge on any atom is -0.211 e. The highest BCUT2D eigenvalue weighted by Crippen LogP contribution is 2.33. The molecule has 1 aromatic carbocycles. The molecule has 0 atom stereocenters. The number of aliphatic imine (C=N–C) groups is 2. The van der Waals surface area contributed by atoms with E-state index in [-0.39, 0.29) is 0 Å². The molecule has 0 heterocycles. The van der Waals surface area contributed by atoms with E-state index in [1.54, 1.807) is 12.2 Å². The first-order valence-electron chi connectivity index (χ1n) is 12.0. The van der Waals surface area contributed by atoms with Crippen LogP contribution in [-0.4, -0.2) is 12.2 Å². The molecule has 0 N–H and O–H groups in total. The van der Waals surface area contributed by atoms with Gasteiger partial charge in [-0.1, -0.05) is 127 Å². The van der Waals surface area contributed by atoms with Crippen molar-refractivity contribution in [1.82, 2.24) is 0 Å². The van der Waals surface area contributed by atoms with E-state index >= 15 is 0 Å². The van der Waals surface area contributed by atoms with Gasteiger partial charge in [-0.15, -0.1) is 0 Å². The highest BCUT2D eigenvalue weighted by atomic mass is 16.1. The highest BCUT2D eigenvalue weighted by Gasteiger charge is 2.31. The fourth-order valence-electron chi connectivity index (χ4n) is 4.01. The molecule has 0 unspecified atom stereocenters. The van der Waals surface area contributed by atoms with E-state index < -0.39 is 5.66 Å². The van der Waals surface area contributed by atoms with Gasteiger partial charge in [0.25, 0.3) is 0 Å². The third kappa shape index (κ3) is 11.2. The molecule has 1 aromatic rings. The Morgan fingerprint density at radius 2 is 1.03 bits per heavy atom. The Hall–Kier alpha value is -2.02. The van der Waals surface area contributed by atoms with Gasteiger partial charge in [0.1, 0.15) is 0 Å². The Morgan fingerprint density at radius 1 is 0.633 bits per heavy atom. The van der Waals surface area contributed by atoms with E-state index in [1.807, 2.05) is 30.3 Å². The fourth-order valence-corrected chi connectivity index (χ4v) is 4.01. The molecule has 4 nitrogen and oxygen atoms in total. The van der Waals surface area contributed by atoms with E-state index in [1.165, 1.54) is 77.0 Å². The van der Waals surface area contributed by atoms with Gasteiger partial charge in [-0.3, -0.25) is 0 Å². The maximum Gasteiger partial charge on any atom is 0.237 e. The summed E-state index contributed by atoms with van der Waals surface area (Å²) in [4.78, 5) is 29.7. The summed E-state index contributed by atoms with van der Waals surface area (Å²) in [5.41, 5.74) is -0.427. The monoisotopic (exact) mass is 412 g/mol. The molecule has 1 rings (SSSR count). The summed E-state index contributed by atoms with van der Waals surface area (Å²) < 4.78 is 0. The number of benzene rings is 1. The maximum atomic E-state index is 10.9. The summed E-state index contributed by atoms with van der Waals surface area (Å²) in [6.07, 6.45) is 23.1. The van der Waals surface area contributed by atoms with Crippen LogP contribution in [0.2, 0.25) is 0 Å². The van der Waals surface area contributed by atoms with Crippen LogP contribution in [0.3, 0.4) is 0 Å². The van der Waals surface area contributed by atoms with Crippen molar-refractivity contribution in [2.75, 3.05) is 0 Å². The number of isocyanates is 2. The Kier molecular flexibility index (Phi) is 15.4. The van der Waals surface area contributed by atoms with Gasteiger partial charge < -0.3 is 0 Å². The molecule has 0 aliphatic rings. The summed E-state index contributed by atoms with van der Waals surface area (Å²) >= 11 is 0. The lowest BCUT2D eigenvalue weighted by Gasteiger charge is -2.22. The minimum absolute atomic E-state index is 0.528. The number of rotatable bonds is 19. The van der Waals surface area contributed by atoms with Gasteiger partial charge in [-0.05, 0) is 12.8 Å². The third-order valence-corrected chi connectivity index (χ3v) is 5.83. The normalized spacial score (nSPS) is 12.6. The molecule has 0 spiro atoms. The molecule has 30 heavy (non-hydrogen) atoms. The number of nitrogens with zero attached hydrogens (tertiary/aromatic N) is 2. The van der Waals surface area contributed by atoms with Gasteiger partial charge >= 0.3 is 0 Å². The predicted octanol–water partition coefficient (Wildman–Crippen LogP) is 7.77. The van der Waals surface area contributed by atoms with Crippen LogP contribution in [0, 0.1) is 0 Å². The van der Waals surface area contributed by atoms with Crippen LogP contribution in [0.25, 0.3) is 0 Å². The van der Waals surface area contributed by atoms with Gasteiger partial charge in [0, 0.05) is 5.56 Å². The number of hydrogen-bond acceptors (Lipinski definition) is 4. The average molecular weight is 413 g/mol. The van der Waals surface area contributed by atoms with Gasteiger partial charge in [-0.2, -0.15) is 9.98 Å². The first-order valence-corrected chi connectivity index (χ1v) is 12.0. The van der Waals surface area contributed by atoms with Crippen LogP contribution >= 0.6 is 0 Å². The smallest absolute Gasteiger partial charge is 0.211 e. The lowest BCUT2D eigenvalue weighted by molar-refractivity contribution is 0.397. The number of hydrogen-bond donors (Lipinski definition) is 0. The molecule has 0 fully saturated rings. The topological polar surface area (TPSA) is 58.9 Å². The Morgan fingerprint density at radius 3 is 1.43 bits per heavy atom. The predicted molar refractivity (Wildman–Crippen MR) is 124 cm³/mol. The first-order chi connectivity index (χ1) is 14.8. The van der Waals surface area contributed by atoms with E-state index in [9.17, 15) is 9.59 Å². The molecule has 0 radical (unpaired) electrons. The van der Waals surface area contributed by atoms with Gasteiger partial charge in [-0.25, -0.2) is 9.59 Å². The van der Waals surface area contributed by atoms with E-state index in [0.717, 1.165) is 24.8 Å². The summed E-state index contributed by atoms with van der Waals surface area (Å²) in [5, 5.41) is 0. The van der Waals surface area contributed by atoms with E-state index in [2.05, 4.69) is 16.9 Å². The highest BCUT2D eigenvalue weighted by molar-refractivity contribution is 5.42. The molecule has 4 heteroatoms. The van der Waals surface area contributed by atoms with Crippen molar-refractivity contribution in [2.24, 2.45) is 9.98 Å². The fraction of sp³-hybridized carbons (Fsp3) is 0.692. The Balaban J connectivity index is 2.14. The second-order valence-corrected chi connectivity index (χ2v) is 8.29. The number of unbranched alkanes of at least 4 members (excludes halogenated alkanes) is 14. The Labute approximate surface area is 183 Å². The molecule has 0 bridgehead atoms. The van der Waals surface area contributed by atoms with Crippen molar-refractivity contribution in [3.8, 4) is 0 Å². The second-order valence-electron chi connectivity index (χ2n) is 8.29. The maximum absolute atomic E-state index is 10.9. The summed E-state index contributed by atoms with van der Waals surface area (Å²) in [7, 11) is 0. The quantitative estimate of drug-likeness (QED) is 0.132. The zero-order valence-corrected chi connectivity index (χ0v) is 18.9. The van der Waals surface area contributed by atoms with Crippen LogP contribution in [-0.2, 0) is 15.3 Å². The minimum atomic E-state index is -1.17. The molecule has 0 saturated heterocycles. The lowest BCUT2D eigenvalue weighted by atomic mass is 9.93. The second kappa shape index (κ2) is 17.8. The molecular weight excluding hydrogens is 372 g/mol. The number of carbonyl (C=O) groups excluding carboxylic acids is 2. The SMILES string of the molecule is CCCCCCCCCCCCCCCCCC(N=C=O)(N=C=O)c1ccccc1. The third-order valence-electron chi connectivity index (χ3n) is 5.83. The van der Waals surface area contributed by atoms with Gasteiger partial charge in [0.15, 0.2) is 5.66 Å². The largest absolute Gasteiger partial charge is 0.237 e.